The van der Waals surface area contributed by atoms with E-state index < -0.39 is 0 Å². The predicted molar refractivity (Wildman–Crippen MR) is 141 cm³/mol. The van der Waals surface area contributed by atoms with Gasteiger partial charge in [0.1, 0.15) is 22.8 Å². The van der Waals surface area contributed by atoms with Crippen molar-refractivity contribution in [2.45, 2.75) is 75.5 Å². The van der Waals surface area contributed by atoms with Crippen LogP contribution in [0.1, 0.15) is 59.8 Å². The monoisotopic (exact) mass is 460 g/mol. The van der Waals surface area contributed by atoms with Crippen molar-refractivity contribution < 1.29 is 9.47 Å². The van der Waals surface area contributed by atoms with Gasteiger partial charge in [0.15, 0.2) is 0 Å². The topological polar surface area (TPSA) is 18.5 Å². The van der Waals surface area contributed by atoms with E-state index in [0.29, 0.717) is 0 Å². The van der Waals surface area contributed by atoms with Gasteiger partial charge in [-0.3, -0.25) is 0 Å². The number of hydrogen-bond acceptors (Lipinski definition) is 3. The lowest BCUT2D eigenvalue weighted by Crippen LogP contribution is -2.26. The third-order valence-electron chi connectivity index (χ3n) is 6.61. The van der Waals surface area contributed by atoms with Crippen LogP contribution in [-0.2, 0) is 0 Å². The van der Waals surface area contributed by atoms with Crippen LogP contribution in [0.5, 0.6) is 17.2 Å². The lowest BCUT2D eigenvalue weighted by molar-refractivity contribution is 0.105. The smallest absolute Gasteiger partial charge is 0.127 e. The largest absolute Gasteiger partial charge is 0.488 e. The van der Waals surface area contributed by atoms with E-state index in [0.717, 1.165) is 40.4 Å². The molecule has 0 spiro atoms. The highest BCUT2D eigenvalue weighted by Gasteiger charge is 2.19. The Kier molecular flexibility index (Phi) is 7.70. The average Bonchev–Trinajstić information content (AvgIpc) is 2.83. The number of rotatable bonds is 8. The summed E-state index contributed by atoms with van der Waals surface area (Å²) in [5.41, 5.74) is 2.19. The van der Waals surface area contributed by atoms with Crippen LogP contribution >= 0.6 is 11.8 Å². The van der Waals surface area contributed by atoms with E-state index in [1.54, 1.807) is 0 Å². The minimum absolute atomic E-state index is 0.147. The highest BCUT2D eigenvalue weighted by molar-refractivity contribution is 8.00. The summed E-state index contributed by atoms with van der Waals surface area (Å²) in [5, 5.41) is 0.763. The lowest BCUT2D eigenvalue weighted by Gasteiger charge is -2.25. The Morgan fingerprint density at radius 2 is 1.21 bits per heavy atom. The number of hydrogen-bond donors (Lipinski definition) is 0. The third kappa shape index (κ3) is 6.80. The highest BCUT2D eigenvalue weighted by atomic mass is 32.2. The molecule has 0 unspecified atom stereocenters. The number of benzene rings is 3. The fourth-order valence-corrected chi connectivity index (χ4v) is 5.27. The molecule has 4 rings (SSSR count). The molecule has 2 nitrogen and oxygen atoms in total. The van der Waals surface area contributed by atoms with Gasteiger partial charge in [-0.25, -0.2) is 0 Å². The third-order valence-corrected chi connectivity index (χ3v) is 7.96. The molecule has 1 saturated carbocycles. The Bertz CT molecular complexity index is 999. The van der Waals surface area contributed by atoms with Gasteiger partial charge < -0.3 is 9.47 Å². The standard InChI is InChI=1S/C30H36O2S/c1-5-30(3,4)32-27-14-10-24(11-15-27)23-8-12-25(13-9-23)31-26-16-20-29(21-17-26)33-28-18-6-22(2)7-19-28/h8-17,20-22,28H,5-7,18-19H2,1-4H3. The first-order valence-corrected chi connectivity index (χ1v) is 13.1. The van der Waals surface area contributed by atoms with E-state index in [4.69, 9.17) is 9.47 Å². The van der Waals surface area contributed by atoms with Crippen LogP contribution < -0.4 is 9.47 Å². The van der Waals surface area contributed by atoms with E-state index in [1.165, 1.54) is 36.1 Å². The molecule has 0 heterocycles. The predicted octanol–water partition coefficient (Wildman–Crippen LogP) is 9.38. The normalized spacial score (nSPS) is 18.7. The van der Waals surface area contributed by atoms with Crippen molar-refractivity contribution in [3.63, 3.8) is 0 Å². The first-order valence-electron chi connectivity index (χ1n) is 12.2. The van der Waals surface area contributed by atoms with Crippen LogP contribution in [0.3, 0.4) is 0 Å². The van der Waals surface area contributed by atoms with Gasteiger partial charge in [0.2, 0.25) is 0 Å². The fourth-order valence-electron chi connectivity index (χ4n) is 4.08. The summed E-state index contributed by atoms with van der Waals surface area (Å²) in [6.07, 6.45) is 6.37. The average molecular weight is 461 g/mol. The SMILES string of the molecule is CCC(C)(C)Oc1ccc(-c2ccc(Oc3ccc(SC4CCC(C)CC4)cc3)cc2)cc1. The quantitative estimate of drug-likeness (QED) is 0.333. The second kappa shape index (κ2) is 10.7. The summed E-state index contributed by atoms with van der Waals surface area (Å²) >= 11 is 2.02. The number of thioether (sulfide) groups is 1. The maximum atomic E-state index is 6.09. The Morgan fingerprint density at radius 1 is 0.727 bits per heavy atom. The molecule has 0 saturated heterocycles. The molecule has 33 heavy (non-hydrogen) atoms. The number of ether oxygens (including phenoxy) is 2. The van der Waals surface area contributed by atoms with Crippen molar-refractivity contribution in [1.82, 2.24) is 0 Å². The molecule has 0 N–H and O–H groups in total. The van der Waals surface area contributed by atoms with Crippen molar-refractivity contribution in [3.8, 4) is 28.4 Å². The van der Waals surface area contributed by atoms with Gasteiger partial charge in [-0.05, 0) is 112 Å². The molecule has 0 aromatic heterocycles. The molecule has 0 bridgehead atoms. The summed E-state index contributed by atoms with van der Waals surface area (Å²) in [7, 11) is 0. The van der Waals surface area contributed by atoms with Crippen molar-refractivity contribution in [2.24, 2.45) is 5.92 Å². The van der Waals surface area contributed by atoms with Crippen LogP contribution in [0.25, 0.3) is 11.1 Å². The molecule has 0 aliphatic heterocycles. The molecule has 3 aromatic carbocycles. The molecular formula is C30H36O2S. The Hall–Kier alpha value is -2.39. The molecule has 0 amide bonds. The van der Waals surface area contributed by atoms with E-state index in [-0.39, 0.29) is 5.60 Å². The minimum Gasteiger partial charge on any atom is -0.488 e. The summed E-state index contributed by atoms with van der Waals surface area (Å²) < 4.78 is 12.1. The lowest BCUT2D eigenvalue weighted by atomic mass is 9.91. The Morgan fingerprint density at radius 3 is 1.73 bits per heavy atom. The zero-order chi connectivity index (χ0) is 23.3. The van der Waals surface area contributed by atoms with Gasteiger partial charge in [0.25, 0.3) is 0 Å². The van der Waals surface area contributed by atoms with Crippen LogP contribution in [0.2, 0.25) is 0 Å². The van der Waals surface area contributed by atoms with E-state index in [1.807, 2.05) is 36.0 Å². The molecule has 1 aliphatic carbocycles. The van der Waals surface area contributed by atoms with Gasteiger partial charge in [-0.1, -0.05) is 38.1 Å². The summed E-state index contributed by atoms with van der Waals surface area (Å²) in [6, 6.07) is 25.1. The molecule has 0 atom stereocenters. The molecule has 174 valence electrons. The summed E-state index contributed by atoms with van der Waals surface area (Å²) in [4.78, 5) is 1.34. The van der Waals surface area contributed by atoms with Crippen molar-refractivity contribution in [3.05, 3.63) is 72.8 Å². The maximum Gasteiger partial charge on any atom is 0.127 e. The van der Waals surface area contributed by atoms with Gasteiger partial charge in [-0.2, -0.15) is 0 Å². The van der Waals surface area contributed by atoms with Crippen molar-refractivity contribution in [1.29, 1.82) is 0 Å². The van der Waals surface area contributed by atoms with Gasteiger partial charge in [0.05, 0.1) is 0 Å². The second-order valence-corrected chi connectivity index (χ2v) is 11.2. The van der Waals surface area contributed by atoms with Crippen LogP contribution in [0.4, 0.5) is 0 Å². The zero-order valence-electron chi connectivity index (χ0n) is 20.3. The molecule has 3 heteroatoms. The van der Waals surface area contributed by atoms with Gasteiger partial charge in [0, 0.05) is 10.1 Å². The summed E-state index contributed by atoms with van der Waals surface area (Å²) in [5.74, 6) is 3.54. The first kappa shape index (κ1) is 23.8. The highest BCUT2D eigenvalue weighted by Crippen LogP contribution is 2.36. The zero-order valence-corrected chi connectivity index (χ0v) is 21.2. The molecule has 0 radical (unpaired) electrons. The van der Waals surface area contributed by atoms with Gasteiger partial charge >= 0.3 is 0 Å². The maximum absolute atomic E-state index is 6.09. The first-order chi connectivity index (χ1) is 15.9. The Balaban J connectivity index is 1.33. The van der Waals surface area contributed by atoms with Crippen LogP contribution in [-0.4, -0.2) is 10.9 Å². The summed E-state index contributed by atoms with van der Waals surface area (Å²) in [6.45, 7) is 8.74. The van der Waals surface area contributed by atoms with E-state index in [2.05, 4.69) is 76.2 Å². The minimum atomic E-state index is -0.147. The van der Waals surface area contributed by atoms with Crippen LogP contribution in [0, 0.1) is 5.92 Å². The van der Waals surface area contributed by atoms with Crippen LogP contribution in [0.15, 0.2) is 77.7 Å². The van der Waals surface area contributed by atoms with Gasteiger partial charge in [-0.15, -0.1) is 11.8 Å². The molecular weight excluding hydrogens is 424 g/mol. The van der Waals surface area contributed by atoms with E-state index in [9.17, 15) is 0 Å². The van der Waals surface area contributed by atoms with Crippen molar-refractivity contribution >= 4 is 11.8 Å². The second-order valence-electron chi connectivity index (χ2n) is 9.84. The molecule has 1 aliphatic rings. The molecule has 1 fully saturated rings. The Labute approximate surface area is 203 Å². The molecule has 3 aromatic rings. The van der Waals surface area contributed by atoms with E-state index >= 15 is 0 Å². The fraction of sp³-hybridized carbons (Fsp3) is 0.400. The van der Waals surface area contributed by atoms with Crippen molar-refractivity contribution in [2.75, 3.05) is 0 Å².